The number of hydrogen-bond donors (Lipinski definition) is 2. The van der Waals surface area contributed by atoms with E-state index in [-0.39, 0.29) is 41.1 Å². The molecular weight excluding hydrogens is 400 g/mol. The molecule has 0 saturated carbocycles. The molecule has 7 heteroatoms. The van der Waals surface area contributed by atoms with Crippen molar-refractivity contribution in [2.75, 3.05) is 13.2 Å². The predicted octanol–water partition coefficient (Wildman–Crippen LogP) is 3.61. The number of rotatable bonds is 1. The standard InChI is InChI=1S/C23H40O6Si/c1-22(2,3)30(23(4,5)6)26-15-21-19(29-30)13-9-12-18-17(28-21)11-8-7-10-16(25)20(14-24)27-18/h7-9,12,16-21,24-25H,10-11,13-15H2,1-6H3/b8-7-,12-9-/t16-,17+,18-,19+,20+,21-/m0/s1. The van der Waals surface area contributed by atoms with Gasteiger partial charge in [-0.1, -0.05) is 65.8 Å². The summed E-state index contributed by atoms with van der Waals surface area (Å²) in [5.41, 5.74) is 0. The van der Waals surface area contributed by atoms with Crippen molar-refractivity contribution in [1.29, 1.82) is 0 Å². The quantitative estimate of drug-likeness (QED) is 0.479. The summed E-state index contributed by atoms with van der Waals surface area (Å²) in [6.45, 7) is 13.6. The molecule has 0 aromatic rings. The minimum atomic E-state index is -2.55. The maximum atomic E-state index is 10.3. The number of ether oxygens (including phenoxy) is 2. The van der Waals surface area contributed by atoms with Crippen molar-refractivity contribution in [3.05, 3.63) is 24.3 Å². The molecule has 3 heterocycles. The molecule has 3 rings (SSSR count). The molecule has 0 unspecified atom stereocenters. The van der Waals surface area contributed by atoms with Gasteiger partial charge in [0, 0.05) is 10.1 Å². The summed E-state index contributed by atoms with van der Waals surface area (Å²) < 4.78 is 26.1. The Balaban J connectivity index is 1.85. The van der Waals surface area contributed by atoms with Crippen LogP contribution in [0.1, 0.15) is 60.8 Å². The van der Waals surface area contributed by atoms with Crippen LogP contribution in [-0.4, -0.2) is 68.6 Å². The van der Waals surface area contributed by atoms with Crippen LogP contribution < -0.4 is 0 Å². The van der Waals surface area contributed by atoms with Gasteiger partial charge >= 0.3 is 8.56 Å². The van der Waals surface area contributed by atoms with Gasteiger partial charge in [-0.05, 0) is 19.3 Å². The molecule has 0 aromatic heterocycles. The fourth-order valence-electron chi connectivity index (χ4n) is 5.04. The fourth-order valence-corrected chi connectivity index (χ4v) is 10.0. The van der Waals surface area contributed by atoms with Crippen LogP contribution in [0, 0.1) is 0 Å². The van der Waals surface area contributed by atoms with Crippen molar-refractivity contribution in [3.8, 4) is 0 Å². The van der Waals surface area contributed by atoms with Gasteiger partial charge in [0.2, 0.25) is 0 Å². The molecule has 2 N–H and O–H groups in total. The van der Waals surface area contributed by atoms with Crippen molar-refractivity contribution in [2.24, 2.45) is 0 Å². The maximum Gasteiger partial charge on any atom is 0.349 e. The molecule has 6 nitrogen and oxygen atoms in total. The highest BCUT2D eigenvalue weighted by molar-refractivity contribution is 6.73. The Morgan fingerprint density at radius 1 is 0.867 bits per heavy atom. The van der Waals surface area contributed by atoms with Gasteiger partial charge in [-0.25, -0.2) is 0 Å². The monoisotopic (exact) mass is 440 g/mol. The number of aliphatic hydroxyl groups excluding tert-OH is 2. The minimum absolute atomic E-state index is 0.0584. The average Bonchev–Trinajstić information content (AvgIpc) is 2.70. The van der Waals surface area contributed by atoms with E-state index in [0.29, 0.717) is 19.4 Å². The average molecular weight is 441 g/mol. The lowest BCUT2D eigenvalue weighted by atomic mass is 10.0. The molecule has 0 aliphatic carbocycles. The first-order chi connectivity index (χ1) is 14.0. The van der Waals surface area contributed by atoms with Crippen LogP contribution >= 0.6 is 0 Å². The SMILES string of the molecule is CC(C)(C)[Si]1(C(C)(C)C)OC[C@@H]2O[C@@H]3C/C=C\C[C@H](O)[C@@H](CO)O[C@H]3/C=C\C[C@H]2O1. The third-order valence-corrected chi connectivity index (χ3v) is 11.6. The predicted molar refractivity (Wildman–Crippen MR) is 119 cm³/mol. The second kappa shape index (κ2) is 9.14. The van der Waals surface area contributed by atoms with E-state index in [9.17, 15) is 10.2 Å². The largest absolute Gasteiger partial charge is 0.394 e. The van der Waals surface area contributed by atoms with Gasteiger partial charge in [0.15, 0.2) is 0 Å². The zero-order valence-electron chi connectivity index (χ0n) is 19.3. The zero-order valence-corrected chi connectivity index (χ0v) is 20.3. The molecule has 0 spiro atoms. The lowest BCUT2D eigenvalue weighted by molar-refractivity contribution is -0.175. The molecule has 0 radical (unpaired) electrons. The van der Waals surface area contributed by atoms with Crippen molar-refractivity contribution in [3.63, 3.8) is 0 Å². The maximum absolute atomic E-state index is 10.3. The van der Waals surface area contributed by atoms with Crippen molar-refractivity contribution < 1.29 is 28.5 Å². The molecule has 0 aromatic carbocycles. The summed E-state index contributed by atoms with van der Waals surface area (Å²) >= 11 is 0. The number of hydrogen-bond acceptors (Lipinski definition) is 6. The lowest BCUT2D eigenvalue weighted by Gasteiger charge is -2.55. The van der Waals surface area contributed by atoms with E-state index in [1.165, 1.54) is 0 Å². The van der Waals surface area contributed by atoms with E-state index < -0.39 is 20.8 Å². The summed E-state index contributed by atoms with van der Waals surface area (Å²) in [4.78, 5) is 0. The smallest absolute Gasteiger partial charge is 0.349 e. The summed E-state index contributed by atoms with van der Waals surface area (Å²) in [7, 11) is -2.55. The van der Waals surface area contributed by atoms with Crippen molar-refractivity contribution >= 4 is 8.56 Å². The van der Waals surface area contributed by atoms with Crippen LogP contribution in [0.4, 0.5) is 0 Å². The Hall–Kier alpha value is -0.543. The second-order valence-corrected chi connectivity index (χ2v) is 15.6. The molecule has 0 bridgehead atoms. The Morgan fingerprint density at radius 3 is 2.13 bits per heavy atom. The van der Waals surface area contributed by atoms with E-state index in [4.69, 9.17) is 18.3 Å². The van der Waals surface area contributed by atoms with Crippen molar-refractivity contribution in [1.82, 2.24) is 0 Å². The normalized spacial score (nSPS) is 39.9. The summed E-state index contributed by atoms with van der Waals surface area (Å²) in [6.07, 6.45) is 7.76. The molecule has 6 atom stereocenters. The highest BCUT2D eigenvalue weighted by Gasteiger charge is 2.62. The Kier molecular flexibility index (Phi) is 7.34. The summed E-state index contributed by atoms with van der Waals surface area (Å²) in [5.74, 6) is 0. The highest BCUT2D eigenvalue weighted by atomic mass is 28.4. The van der Waals surface area contributed by atoms with Gasteiger partial charge in [-0.3, -0.25) is 0 Å². The van der Waals surface area contributed by atoms with E-state index in [1.807, 2.05) is 18.2 Å². The topological polar surface area (TPSA) is 77.4 Å². The number of aliphatic hydroxyl groups is 2. The first kappa shape index (κ1) is 24.1. The molecule has 0 amide bonds. The fraction of sp³-hybridized carbons (Fsp3) is 0.826. The summed E-state index contributed by atoms with van der Waals surface area (Å²) in [6, 6.07) is 0. The Bertz CT molecular complexity index is 621. The molecule has 1 saturated heterocycles. The second-order valence-electron chi connectivity index (χ2n) is 10.8. The van der Waals surface area contributed by atoms with E-state index in [1.54, 1.807) is 0 Å². The molecular formula is C23H40O6Si. The van der Waals surface area contributed by atoms with E-state index in [0.717, 1.165) is 6.42 Å². The Labute approximate surface area is 182 Å². The molecule has 30 heavy (non-hydrogen) atoms. The lowest BCUT2D eigenvalue weighted by Crippen LogP contribution is -2.65. The molecule has 1 fully saturated rings. The third-order valence-electron chi connectivity index (χ3n) is 6.42. The van der Waals surface area contributed by atoms with E-state index >= 15 is 0 Å². The third kappa shape index (κ3) is 4.77. The van der Waals surface area contributed by atoms with Gasteiger partial charge in [-0.2, -0.15) is 0 Å². The van der Waals surface area contributed by atoms with Crippen LogP contribution in [-0.2, 0) is 18.3 Å². The minimum Gasteiger partial charge on any atom is -0.394 e. The first-order valence-electron chi connectivity index (χ1n) is 11.2. The Morgan fingerprint density at radius 2 is 1.50 bits per heavy atom. The van der Waals surface area contributed by atoms with Gasteiger partial charge in [0.1, 0.15) is 18.3 Å². The van der Waals surface area contributed by atoms with Crippen LogP contribution in [0.25, 0.3) is 0 Å². The van der Waals surface area contributed by atoms with Gasteiger partial charge in [-0.15, -0.1) is 0 Å². The van der Waals surface area contributed by atoms with Crippen molar-refractivity contribution in [2.45, 2.75) is 108 Å². The highest BCUT2D eigenvalue weighted by Crippen LogP contribution is 2.54. The van der Waals surface area contributed by atoms with Crippen LogP contribution in [0.5, 0.6) is 0 Å². The first-order valence-corrected chi connectivity index (χ1v) is 13.0. The van der Waals surface area contributed by atoms with Crippen LogP contribution in [0.2, 0.25) is 10.1 Å². The van der Waals surface area contributed by atoms with Gasteiger partial charge < -0.3 is 28.5 Å². The van der Waals surface area contributed by atoms with Crippen LogP contribution in [0.3, 0.4) is 0 Å². The van der Waals surface area contributed by atoms with Gasteiger partial charge in [0.05, 0.1) is 31.5 Å². The van der Waals surface area contributed by atoms with Gasteiger partial charge in [0.25, 0.3) is 0 Å². The van der Waals surface area contributed by atoms with E-state index in [2.05, 4.69) is 47.6 Å². The zero-order chi connectivity index (χ0) is 22.2. The molecule has 3 aliphatic rings. The number of fused-ring (bicyclic) bond motifs is 2. The molecule has 172 valence electrons. The summed E-state index contributed by atoms with van der Waals surface area (Å²) in [5, 5.41) is 19.8. The van der Waals surface area contributed by atoms with Crippen LogP contribution in [0.15, 0.2) is 24.3 Å². The molecule has 3 aliphatic heterocycles.